The average Bonchev–Trinajstić information content (AvgIpc) is 2.63. The molecule has 0 unspecified atom stereocenters. The van der Waals surface area contributed by atoms with Gasteiger partial charge in [0.2, 0.25) is 5.91 Å². The minimum absolute atomic E-state index is 0.0106. The molecule has 1 aromatic carbocycles. The van der Waals surface area contributed by atoms with Crippen molar-refractivity contribution in [2.75, 3.05) is 6.54 Å². The van der Waals surface area contributed by atoms with E-state index in [1.54, 1.807) is 12.4 Å². The standard InChI is InChI=1S/C21H26N2O3/c1-15-5-2-8-18(11-15)26-19-9-3-7-17(21(19)25)14-23-20(24)12-16-6-4-10-22-13-16/h2,4-6,8,10-11,13,17,19,21,25H,3,7,9,12,14H2,1H3,(H,23,24)/t17-,19-,21-/m1/s1. The third-order valence-corrected chi connectivity index (χ3v) is 4.85. The van der Waals surface area contributed by atoms with E-state index in [-0.39, 0.29) is 17.9 Å². The molecule has 0 radical (unpaired) electrons. The number of hydrogen-bond donors (Lipinski definition) is 2. The number of benzene rings is 1. The van der Waals surface area contributed by atoms with Crippen LogP contribution < -0.4 is 10.1 Å². The zero-order valence-corrected chi connectivity index (χ0v) is 15.1. The number of amides is 1. The molecular formula is C21H26N2O3. The summed E-state index contributed by atoms with van der Waals surface area (Å²) >= 11 is 0. The molecule has 3 rings (SSSR count). The molecule has 1 amide bonds. The van der Waals surface area contributed by atoms with Crippen molar-refractivity contribution < 1.29 is 14.6 Å². The highest BCUT2D eigenvalue weighted by atomic mass is 16.5. The number of aliphatic hydroxyl groups is 1. The van der Waals surface area contributed by atoms with Crippen LogP contribution in [-0.2, 0) is 11.2 Å². The number of nitrogens with zero attached hydrogens (tertiary/aromatic N) is 1. The molecule has 138 valence electrons. The minimum atomic E-state index is -0.581. The molecule has 2 aromatic rings. The first kappa shape index (κ1) is 18.4. The number of nitrogens with one attached hydrogen (secondary N) is 1. The zero-order valence-electron chi connectivity index (χ0n) is 15.1. The largest absolute Gasteiger partial charge is 0.488 e. The highest BCUT2D eigenvalue weighted by Gasteiger charge is 2.33. The molecule has 3 atom stereocenters. The van der Waals surface area contributed by atoms with E-state index < -0.39 is 6.10 Å². The van der Waals surface area contributed by atoms with E-state index in [2.05, 4.69) is 10.3 Å². The summed E-state index contributed by atoms with van der Waals surface area (Å²) in [5, 5.41) is 13.6. The highest BCUT2D eigenvalue weighted by Crippen LogP contribution is 2.28. The van der Waals surface area contributed by atoms with Gasteiger partial charge in [0, 0.05) is 24.9 Å². The number of rotatable bonds is 6. The Morgan fingerprint density at radius 3 is 2.96 bits per heavy atom. The van der Waals surface area contributed by atoms with Crippen LogP contribution in [0.1, 0.15) is 30.4 Å². The summed E-state index contributed by atoms with van der Waals surface area (Å²) in [5.74, 6) is 0.749. The molecule has 5 heteroatoms. The Kier molecular flexibility index (Phi) is 6.23. The topological polar surface area (TPSA) is 71.5 Å². The normalized spacial score (nSPS) is 22.6. The van der Waals surface area contributed by atoms with Gasteiger partial charge in [-0.25, -0.2) is 0 Å². The molecule has 1 fully saturated rings. The lowest BCUT2D eigenvalue weighted by Crippen LogP contribution is -2.46. The molecule has 1 aromatic heterocycles. The van der Waals surface area contributed by atoms with E-state index >= 15 is 0 Å². The van der Waals surface area contributed by atoms with Gasteiger partial charge in [0.25, 0.3) is 0 Å². The quantitative estimate of drug-likeness (QED) is 0.837. The second-order valence-electron chi connectivity index (χ2n) is 7.00. The van der Waals surface area contributed by atoms with Gasteiger partial charge in [-0.05, 0) is 55.5 Å². The van der Waals surface area contributed by atoms with Crippen molar-refractivity contribution in [3.05, 3.63) is 59.9 Å². The number of pyridine rings is 1. The van der Waals surface area contributed by atoms with E-state index in [0.29, 0.717) is 13.0 Å². The first-order chi connectivity index (χ1) is 12.6. The highest BCUT2D eigenvalue weighted by molar-refractivity contribution is 5.78. The summed E-state index contributed by atoms with van der Waals surface area (Å²) in [7, 11) is 0. The van der Waals surface area contributed by atoms with Crippen molar-refractivity contribution in [3.8, 4) is 5.75 Å². The van der Waals surface area contributed by atoms with Gasteiger partial charge in [0.1, 0.15) is 11.9 Å². The molecule has 1 saturated carbocycles. The Morgan fingerprint density at radius 1 is 1.31 bits per heavy atom. The number of aromatic nitrogens is 1. The maximum atomic E-state index is 12.1. The number of aliphatic hydroxyl groups excluding tert-OH is 1. The molecule has 0 saturated heterocycles. The van der Waals surface area contributed by atoms with E-state index in [1.807, 2.05) is 43.3 Å². The summed E-state index contributed by atoms with van der Waals surface area (Å²) in [6.45, 7) is 2.48. The van der Waals surface area contributed by atoms with Gasteiger partial charge >= 0.3 is 0 Å². The first-order valence-corrected chi connectivity index (χ1v) is 9.19. The molecule has 0 bridgehead atoms. The zero-order chi connectivity index (χ0) is 18.4. The molecule has 1 aliphatic carbocycles. The lowest BCUT2D eigenvalue weighted by Gasteiger charge is -2.35. The van der Waals surface area contributed by atoms with Gasteiger partial charge in [-0.3, -0.25) is 9.78 Å². The first-order valence-electron chi connectivity index (χ1n) is 9.19. The molecule has 5 nitrogen and oxygen atoms in total. The molecular weight excluding hydrogens is 328 g/mol. The van der Waals surface area contributed by atoms with Crippen LogP contribution in [0.5, 0.6) is 5.75 Å². The van der Waals surface area contributed by atoms with Crippen LogP contribution >= 0.6 is 0 Å². The number of ether oxygens (including phenoxy) is 1. The second-order valence-corrected chi connectivity index (χ2v) is 7.00. The SMILES string of the molecule is Cc1cccc(O[C@@H]2CCC[C@H](CNC(=O)Cc3cccnc3)[C@H]2O)c1. The van der Waals surface area contributed by atoms with E-state index in [1.165, 1.54) is 0 Å². The predicted molar refractivity (Wildman–Crippen MR) is 99.9 cm³/mol. The summed E-state index contributed by atoms with van der Waals surface area (Å²) in [4.78, 5) is 16.1. The van der Waals surface area contributed by atoms with Gasteiger partial charge in [-0.2, -0.15) is 0 Å². The maximum absolute atomic E-state index is 12.1. The Morgan fingerprint density at radius 2 is 2.19 bits per heavy atom. The fraction of sp³-hybridized carbons (Fsp3) is 0.429. The van der Waals surface area contributed by atoms with E-state index in [4.69, 9.17) is 4.74 Å². The van der Waals surface area contributed by atoms with Crippen LogP contribution in [0.2, 0.25) is 0 Å². The van der Waals surface area contributed by atoms with Crippen molar-refractivity contribution in [2.45, 2.75) is 44.8 Å². The fourth-order valence-corrected chi connectivity index (χ4v) is 3.44. The summed E-state index contributed by atoms with van der Waals surface area (Å²) in [6, 6.07) is 11.6. The lowest BCUT2D eigenvalue weighted by atomic mass is 9.84. The van der Waals surface area contributed by atoms with E-state index in [9.17, 15) is 9.90 Å². The number of carbonyl (C=O) groups excluding carboxylic acids is 1. The van der Waals surface area contributed by atoms with Gasteiger partial charge in [-0.15, -0.1) is 0 Å². The minimum Gasteiger partial charge on any atom is -0.488 e. The van der Waals surface area contributed by atoms with Crippen LogP contribution in [0, 0.1) is 12.8 Å². The monoisotopic (exact) mass is 354 g/mol. The maximum Gasteiger partial charge on any atom is 0.224 e. The molecule has 0 aliphatic heterocycles. The summed E-state index contributed by atoms with van der Waals surface area (Å²) < 4.78 is 6.01. The molecule has 0 spiro atoms. The number of hydrogen-bond acceptors (Lipinski definition) is 4. The Balaban J connectivity index is 1.51. The smallest absolute Gasteiger partial charge is 0.224 e. The van der Waals surface area contributed by atoms with Gasteiger partial charge in [0.15, 0.2) is 0 Å². The van der Waals surface area contributed by atoms with Crippen molar-refractivity contribution in [2.24, 2.45) is 5.92 Å². The van der Waals surface area contributed by atoms with Crippen LogP contribution in [-0.4, -0.2) is 34.8 Å². The van der Waals surface area contributed by atoms with Crippen LogP contribution in [0.15, 0.2) is 48.8 Å². The molecule has 26 heavy (non-hydrogen) atoms. The third-order valence-electron chi connectivity index (χ3n) is 4.85. The Labute approximate surface area is 154 Å². The van der Waals surface area contributed by atoms with Crippen molar-refractivity contribution >= 4 is 5.91 Å². The van der Waals surface area contributed by atoms with Crippen LogP contribution in [0.25, 0.3) is 0 Å². The average molecular weight is 354 g/mol. The lowest BCUT2D eigenvalue weighted by molar-refractivity contribution is -0.121. The van der Waals surface area contributed by atoms with Crippen molar-refractivity contribution in [1.29, 1.82) is 0 Å². The van der Waals surface area contributed by atoms with Crippen LogP contribution in [0.3, 0.4) is 0 Å². The van der Waals surface area contributed by atoms with Crippen LogP contribution in [0.4, 0.5) is 0 Å². The van der Waals surface area contributed by atoms with Gasteiger partial charge < -0.3 is 15.2 Å². The summed E-state index contributed by atoms with van der Waals surface area (Å²) in [5.41, 5.74) is 2.02. The second kappa shape index (κ2) is 8.81. The molecule has 1 aliphatic rings. The number of aryl methyl sites for hydroxylation is 1. The van der Waals surface area contributed by atoms with Crippen molar-refractivity contribution in [1.82, 2.24) is 10.3 Å². The Bertz CT molecular complexity index is 720. The van der Waals surface area contributed by atoms with E-state index in [0.717, 1.165) is 36.1 Å². The predicted octanol–water partition coefficient (Wildman–Crippen LogP) is 2.66. The van der Waals surface area contributed by atoms with Gasteiger partial charge in [0.05, 0.1) is 12.5 Å². The fourth-order valence-electron chi connectivity index (χ4n) is 3.44. The third kappa shape index (κ3) is 5.05. The summed E-state index contributed by atoms with van der Waals surface area (Å²) in [6.07, 6.45) is 5.58. The van der Waals surface area contributed by atoms with Crippen molar-refractivity contribution in [3.63, 3.8) is 0 Å². The molecule has 1 heterocycles. The molecule has 2 N–H and O–H groups in total. The Hall–Kier alpha value is -2.40. The van der Waals surface area contributed by atoms with Gasteiger partial charge in [-0.1, -0.05) is 18.2 Å². The number of carbonyl (C=O) groups is 1.